The molecule has 0 spiro atoms. The van der Waals surface area contributed by atoms with E-state index in [1.165, 1.54) is 7.05 Å². The number of alkyl carbamates (subject to hydrolysis) is 1. The van der Waals surface area contributed by atoms with Crippen molar-refractivity contribution in [1.82, 2.24) is 10.4 Å². The number of hydrogen-bond donors (Lipinski definition) is 1. The second-order valence-electron chi connectivity index (χ2n) is 10.4. The fourth-order valence-electron chi connectivity index (χ4n) is 4.88. The number of benzene rings is 2. The molecule has 0 radical (unpaired) electrons. The first-order chi connectivity index (χ1) is 16.4. The third kappa shape index (κ3) is 6.61. The van der Waals surface area contributed by atoms with Crippen LogP contribution in [0.5, 0.6) is 0 Å². The van der Waals surface area contributed by atoms with Crippen molar-refractivity contribution in [3.05, 3.63) is 71.3 Å². The average molecular weight is 483 g/mol. The van der Waals surface area contributed by atoms with Gasteiger partial charge in [0.2, 0.25) is 0 Å². The molecule has 1 aliphatic rings. The Balaban J connectivity index is 1.66. The minimum atomic E-state index is -0.458. The van der Waals surface area contributed by atoms with E-state index in [0.29, 0.717) is 18.4 Å². The van der Waals surface area contributed by atoms with Crippen LogP contribution in [0.25, 0.3) is 0 Å². The van der Waals surface area contributed by atoms with Crippen LogP contribution in [-0.4, -0.2) is 41.4 Å². The Morgan fingerprint density at radius 2 is 1.40 bits per heavy atom. The second kappa shape index (κ2) is 10.8. The minimum absolute atomic E-state index is 0.193. The lowest BCUT2D eigenvalue weighted by atomic mass is 9.80. The van der Waals surface area contributed by atoms with E-state index in [2.05, 4.69) is 38.1 Å². The number of hydroxylamine groups is 2. The summed E-state index contributed by atoms with van der Waals surface area (Å²) in [7, 11) is 1.54. The molecule has 1 saturated heterocycles. The van der Waals surface area contributed by atoms with E-state index < -0.39 is 6.09 Å². The standard InChI is InChI=1S/C28H38N2O5/c1-19(33-26(32)29-7)21-13-15-22(16-14-21)20(2)35-30-27(3,4)17-24(18-28(30,5)6)34-25(31)23-11-9-8-10-12-23/h8-16,19-20,24H,17-18H2,1-7H3,(H,29,32). The molecule has 1 fully saturated rings. The van der Waals surface area contributed by atoms with Crippen LogP contribution in [0.2, 0.25) is 0 Å². The maximum Gasteiger partial charge on any atom is 0.407 e. The van der Waals surface area contributed by atoms with Gasteiger partial charge in [0.15, 0.2) is 0 Å². The smallest absolute Gasteiger partial charge is 0.407 e. The summed E-state index contributed by atoms with van der Waals surface area (Å²) in [5.41, 5.74) is 1.78. The number of carbonyl (C=O) groups excluding carboxylic acids is 2. The van der Waals surface area contributed by atoms with Crippen molar-refractivity contribution < 1.29 is 23.9 Å². The van der Waals surface area contributed by atoms with E-state index in [0.717, 1.165) is 11.1 Å². The van der Waals surface area contributed by atoms with Crippen molar-refractivity contribution in [1.29, 1.82) is 0 Å². The molecular weight excluding hydrogens is 444 g/mol. The van der Waals surface area contributed by atoms with E-state index in [4.69, 9.17) is 14.3 Å². The van der Waals surface area contributed by atoms with Gasteiger partial charge in [-0.2, -0.15) is 5.06 Å². The predicted molar refractivity (Wildman–Crippen MR) is 135 cm³/mol. The van der Waals surface area contributed by atoms with E-state index >= 15 is 0 Å². The van der Waals surface area contributed by atoms with Gasteiger partial charge in [0.1, 0.15) is 18.3 Å². The third-order valence-electron chi connectivity index (χ3n) is 6.46. The minimum Gasteiger partial charge on any atom is -0.459 e. The fourth-order valence-corrected chi connectivity index (χ4v) is 4.88. The topological polar surface area (TPSA) is 77.1 Å². The Hall–Kier alpha value is -2.90. The first-order valence-electron chi connectivity index (χ1n) is 12.1. The monoisotopic (exact) mass is 482 g/mol. The Morgan fingerprint density at radius 1 is 0.886 bits per heavy atom. The van der Waals surface area contributed by atoms with Crippen LogP contribution in [0.1, 0.15) is 88.1 Å². The van der Waals surface area contributed by atoms with Crippen molar-refractivity contribution in [2.24, 2.45) is 0 Å². The number of nitrogens with zero attached hydrogens (tertiary/aromatic N) is 1. The number of ether oxygens (including phenoxy) is 2. The molecule has 1 heterocycles. The summed E-state index contributed by atoms with van der Waals surface area (Å²) in [6.07, 6.45) is 0.116. The summed E-state index contributed by atoms with van der Waals surface area (Å²) in [6.45, 7) is 12.3. The van der Waals surface area contributed by atoms with E-state index in [9.17, 15) is 9.59 Å². The molecule has 1 amide bonds. The van der Waals surface area contributed by atoms with Crippen molar-refractivity contribution in [2.75, 3.05) is 7.05 Å². The average Bonchev–Trinajstić information content (AvgIpc) is 2.81. The van der Waals surface area contributed by atoms with Gasteiger partial charge in [-0.1, -0.05) is 42.5 Å². The summed E-state index contributed by atoms with van der Waals surface area (Å²) in [5, 5.41) is 4.52. The molecule has 3 rings (SSSR count). The van der Waals surface area contributed by atoms with Crippen LogP contribution >= 0.6 is 0 Å². The van der Waals surface area contributed by atoms with Crippen LogP contribution in [-0.2, 0) is 14.3 Å². The molecule has 2 aromatic carbocycles. The third-order valence-corrected chi connectivity index (χ3v) is 6.46. The molecule has 1 N–H and O–H groups in total. The van der Waals surface area contributed by atoms with Gasteiger partial charge in [0.05, 0.1) is 5.56 Å². The lowest BCUT2D eigenvalue weighted by Crippen LogP contribution is -2.62. The highest BCUT2D eigenvalue weighted by Gasteiger charge is 2.48. The zero-order chi connectivity index (χ0) is 25.8. The fraction of sp³-hybridized carbons (Fsp3) is 0.500. The maximum absolute atomic E-state index is 12.6. The lowest BCUT2D eigenvalue weighted by molar-refractivity contribution is -0.313. The molecule has 2 atom stereocenters. The summed E-state index contributed by atoms with van der Waals surface area (Å²) in [5.74, 6) is -0.292. The molecule has 0 bridgehead atoms. The van der Waals surface area contributed by atoms with Crippen molar-refractivity contribution >= 4 is 12.1 Å². The molecule has 0 aromatic heterocycles. The molecule has 1 aliphatic heterocycles. The van der Waals surface area contributed by atoms with E-state index in [1.807, 2.05) is 56.3 Å². The number of rotatable bonds is 7. The van der Waals surface area contributed by atoms with Crippen molar-refractivity contribution in [2.45, 2.75) is 83.8 Å². The highest BCUT2D eigenvalue weighted by atomic mass is 16.7. The zero-order valence-corrected chi connectivity index (χ0v) is 21.8. The Bertz CT molecular complexity index is 986. The molecule has 7 nitrogen and oxygen atoms in total. The van der Waals surface area contributed by atoms with Crippen LogP contribution in [0, 0.1) is 0 Å². The van der Waals surface area contributed by atoms with Gasteiger partial charge < -0.3 is 14.8 Å². The molecule has 2 aromatic rings. The number of piperidine rings is 1. The van der Waals surface area contributed by atoms with Crippen molar-refractivity contribution in [3.8, 4) is 0 Å². The van der Waals surface area contributed by atoms with Gasteiger partial charge in [-0.3, -0.25) is 4.84 Å². The zero-order valence-electron chi connectivity index (χ0n) is 21.8. The Kier molecular flexibility index (Phi) is 8.23. The number of amides is 1. The molecule has 0 aliphatic carbocycles. The van der Waals surface area contributed by atoms with Gasteiger partial charge in [0.25, 0.3) is 0 Å². The van der Waals surface area contributed by atoms with Crippen LogP contribution in [0.15, 0.2) is 54.6 Å². The Labute approximate surface area is 208 Å². The number of carbonyl (C=O) groups is 2. The summed E-state index contributed by atoms with van der Waals surface area (Å²) in [4.78, 5) is 30.6. The van der Waals surface area contributed by atoms with Crippen LogP contribution < -0.4 is 5.32 Å². The van der Waals surface area contributed by atoms with Gasteiger partial charge in [-0.05, 0) is 64.8 Å². The largest absolute Gasteiger partial charge is 0.459 e. The molecular formula is C28H38N2O5. The molecule has 190 valence electrons. The molecule has 2 unspecified atom stereocenters. The number of esters is 1. The summed E-state index contributed by atoms with van der Waals surface area (Å²) < 4.78 is 11.2. The van der Waals surface area contributed by atoms with E-state index in [1.54, 1.807) is 12.1 Å². The van der Waals surface area contributed by atoms with Crippen molar-refractivity contribution in [3.63, 3.8) is 0 Å². The maximum atomic E-state index is 12.6. The highest BCUT2D eigenvalue weighted by molar-refractivity contribution is 5.89. The van der Waals surface area contributed by atoms with Crippen LogP contribution in [0.4, 0.5) is 4.79 Å². The number of hydrogen-bond acceptors (Lipinski definition) is 6. The predicted octanol–water partition coefficient (Wildman–Crippen LogP) is 5.97. The SMILES string of the molecule is CNC(=O)OC(C)c1ccc(C(C)ON2C(C)(C)CC(OC(=O)c3ccccc3)CC2(C)C)cc1. The van der Waals surface area contributed by atoms with Crippen LogP contribution in [0.3, 0.4) is 0 Å². The normalized spacial score (nSPS) is 19.4. The molecule has 35 heavy (non-hydrogen) atoms. The Morgan fingerprint density at radius 3 is 1.91 bits per heavy atom. The second-order valence-corrected chi connectivity index (χ2v) is 10.4. The quantitative estimate of drug-likeness (QED) is 0.490. The first-order valence-corrected chi connectivity index (χ1v) is 12.1. The lowest BCUT2D eigenvalue weighted by Gasteiger charge is -2.54. The summed E-state index contributed by atoms with van der Waals surface area (Å²) in [6, 6.07) is 17.0. The molecule has 7 heteroatoms. The highest BCUT2D eigenvalue weighted by Crippen LogP contribution is 2.42. The van der Waals surface area contributed by atoms with Gasteiger partial charge in [-0.25, -0.2) is 9.59 Å². The number of nitrogens with one attached hydrogen (secondary N) is 1. The summed E-state index contributed by atoms with van der Waals surface area (Å²) >= 11 is 0. The van der Waals surface area contributed by atoms with Gasteiger partial charge in [-0.15, -0.1) is 0 Å². The molecule has 0 saturated carbocycles. The van der Waals surface area contributed by atoms with Gasteiger partial charge >= 0.3 is 12.1 Å². The van der Waals surface area contributed by atoms with Gasteiger partial charge in [0, 0.05) is 31.0 Å². The first kappa shape index (κ1) is 26.7. The van der Waals surface area contributed by atoms with E-state index in [-0.39, 0.29) is 35.4 Å².